The molecule has 0 aliphatic carbocycles. The van der Waals surface area contributed by atoms with Crippen molar-refractivity contribution in [2.24, 2.45) is 5.92 Å². The predicted molar refractivity (Wildman–Crippen MR) is 83.3 cm³/mol. The highest BCUT2D eigenvalue weighted by atomic mass is 14.8. The van der Waals surface area contributed by atoms with E-state index in [9.17, 15) is 0 Å². The first-order valence-electron chi connectivity index (χ1n) is 7.14. The third-order valence-corrected chi connectivity index (χ3v) is 3.39. The van der Waals surface area contributed by atoms with E-state index in [0.717, 1.165) is 19.5 Å². The third-order valence-electron chi connectivity index (χ3n) is 3.39. The van der Waals surface area contributed by atoms with E-state index in [4.69, 9.17) is 0 Å². The lowest BCUT2D eigenvalue weighted by Crippen LogP contribution is -2.21. The first-order valence-corrected chi connectivity index (χ1v) is 7.14. The molecule has 0 saturated heterocycles. The quantitative estimate of drug-likeness (QED) is 0.815. The lowest BCUT2D eigenvalue weighted by Gasteiger charge is -2.12. The van der Waals surface area contributed by atoms with Crippen molar-refractivity contribution in [3.63, 3.8) is 0 Å². The van der Waals surface area contributed by atoms with Crippen molar-refractivity contribution in [3.05, 3.63) is 60.2 Å². The van der Waals surface area contributed by atoms with Crippen LogP contribution in [0.5, 0.6) is 0 Å². The Kier molecular flexibility index (Phi) is 5.17. The van der Waals surface area contributed by atoms with Gasteiger partial charge in [-0.25, -0.2) is 0 Å². The van der Waals surface area contributed by atoms with Crippen molar-refractivity contribution in [3.8, 4) is 11.1 Å². The van der Waals surface area contributed by atoms with Gasteiger partial charge in [-0.1, -0.05) is 68.4 Å². The molecular weight excluding hydrogens is 230 g/mol. The van der Waals surface area contributed by atoms with Crippen molar-refractivity contribution in [2.75, 3.05) is 13.1 Å². The summed E-state index contributed by atoms with van der Waals surface area (Å²) in [5.74, 6) is 0.683. The van der Waals surface area contributed by atoms with Crippen LogP contribution in [0.25, 0.3) is 11.1 Å². The summed E-state index contributed by atoms with van der Waals surface area (Å²) in [5, 5.41) is 3.41. The minimum absolute atomic E-state index is 0.683. The van der Waals surface area contributed by atoms with Gasteiger partial charge in [0.05, 0.1) is 0 Å². The molecule has 2 rings (SSSR count). The van der Waals surface area contributed by atoms with Gasteiger partial charge in [0.2, 0.25) is 0 Å². The molecule has 1 heteroatoms. The maximum absolute atomic E-state index is 3.41. The molecule has 0 bridgehead atoms. The van der Waals surface area contributed by atoms with Crippen LogP contribution in [-0.2, 0) is 6.42 Å². The van der Waals surface area contributed by atoms with E-state index in [1.807, 2.05) is 0 Å². The van der Waals surface area contributed by atoms with Crippen LogP contribution in [0, 0.1) is 5.92 Å². The summed E-state index contributed by atoms with van der Waals surface area (Å²) in [6.45, 7) is 6.60. The SMILES string of the molecule is CCNCC(C)Cc1ccc(-c2ccccc2)cc1. The van der Waals surface area contributed by atoms with Gasteiger partial charge in [0.1, 0.15) is 0 Å². The topological polar surface area (TPSA) is 12.0 Å². The van der Waals surface area contributed by atoms with Crippen LogP contribution in [0.15, 0.2) is 54.6 Å². The van der Waals surface area contributed by atoms with Crippen molar-refractivity contribution in [2.45, 2.75) is 20.3 Å². The van der Waals surface area contributed by atoms with Crippen molar-refractivity contribution in [1.82, 2.24) is 5.32 Å². The molecule has 0 heterocycles. The van der Waals surface area contributed by atoms with Gasteiger partial charge < -0.3 is 5.32 Å². The standard InChI is InChI=1S/C18H23N/c1-3-19-14-15(2)13-16-9-11-18(12-10-16)17-7-5-4-6-8-17/h4-12,15,19H,3,13-14H2,1-2H3. The highest BCUT2D eigenvalue weighted by Gasteiger charge is 2.03. The zero-order valence-electron chi connectivity index (χ0n) is 11.9. The Morgan fingerprint density at radius 2 is 1.53 bits per heavy atom. The highest BCUT2D eigenvalue weighted by molar-refractivity contribution is 5.63. The van der Waals surface area contributed by atoms with Crippen molar-refractivity contribution >= 4 is 0 Å². The molecule has 0 spiro atoms. The Labute approximate surface area is 116 Å². The summed E-state index contributed by atoms with van der Waals surface area (Å²) in [4.78, 5) is 0. The largest absolute Gasteiger partial charge is 0.317 e. The average molecular weight is 253 g/mol. The van der Waals surface area contributed by atoms with E-state index in [1.165, 1.54) is 16.7 Å². The maximum Gasteiger partial charge on any atom is -0.00201 e. The summed E-state index contributed by atoms with van der Waals surface area (Å²) in [7, 11) is 0. The predicted octanol–water partition coefficient (Wildman–Crippen LogP) is 4.14. The Bertz CT molecular complexity index is 473. The number of rotatable bonds is 6. The molecule has 0 aromatic heterocycles. The molecule has 2 aromatic rings. The maximum atomic E-state index is 3.41. The van der Waals surface area contributed by atoms with Gasteiger partial charge in [0.25, 0.3) is 0 Å². The smallest absolute Gasteiger partial charge is 0.00201 e. The third kappa shape index (κ3) is 4.22. The molecule has 0 fully saturated rings. The van der Waals surface area contributed by atoms with E-state index in [0.29, 0.717) is 5.92 Å². The normalized spacial score (nSPS) is 12.3. The Morgan fingerprint density at radius 1 is 0.895 bits per heavy atom. The van der Waals surface area contributed by atoms with E-state index in [-0.39, 0.29) is 0 Å². The van der Waals surface area contributed by atoms with Crippen LogP contribution in [-0.4, -0.2) is 13.1 Å². The zero-order chi connectivity index (χ0) is 13.5. The summed E-state index contributed by atoms with van der Waals surface area (Å²) in [6, 6.07) is 19.5. The van der Waals surface area contributed by atoms with Gasteiger partial charge in [0.15, 0.2) is 0 Å². The molecule has 100 valence electrons. The number of hydrogen-bond donors (Lipinski definition) is 1. The van der Waals surface area contributed by atoms with Crippen LogP contribution in [0.1, 0.15) is 19.4 Å². The summed E-state index contributed by atoms with van der Waals surface area (Å²) in [5.41, 5.74) is 4.00. The summed E-state index contributed by atoms with van der Waals surface area (Å²) < 4.78 is 0. The molecule has 0 amide bonds. The molecule has 0 aliphatic heterocycles. The molecule has 1 atom stereocenters. The monoisotopic (exact) mass is 253 g/mol. The lowest BCUT2D eigenvalue weighted by molar-refractivity contribution is 0.521. The molecule has 0 saturated carbocycles. The van der Waals surface area contributed by atoms with Crippen LogP contribution in [0.4, 0.5) is 0 Å². The molecule has 2 aromatic carbocycles. The lowest BCUT2D eigenvalue weighted by atomic mass is 9.98. The van der Waals surface area contributed by atoms with Gasteiger partial charge in [-0.15, -0.1) is 0 Å². The van der Waals surface area contributed by atoms with E-state index < -0.39 is 0 Å². The second-order valence-electron chi connectivity index (χ2n) is 5.18. The fraction of sp³-hybridized carbons (Fsp3) is 0.333. The first-order chi connectivity index (χ1) is 9.29. The Balaban J connectivity index is 1.99. The van der Waals surface area contributed by atoms with Gasteiger partial charge in [-0.3, -0.25) is 0 Å². The molecule has 1 unspecified atom stereocenters. The Hall–Kier alpha value is -1.60. The van der Waals surface area contributed by atoms with Gasteiger partial charge in [-0.2, -0.15) is 0 Å². The first kappa shape index (κ1) is 13.8. The number of nitrogens with one attached hydrogen (secondary N) is 1. The van der Waals surface area contributed by atoms with Crippen LogP contribution in [0.2, 0.25) is 0 Å². The number of hydrogen-bond acceptors (Lipinski definition) is 1. The molecule has 0 aliphatic rings. The summed E-state index contributed by atoms with van der Waals surface area (Å²) in [6.07, 6.45) is 1.14. The minimum atomic E-state index is 0.683. The van der Waals surface area contributed by atoms with E-state index in [1.54, 1.807) is 0 Å². The summed E-state index contributed by atoms with van der Waals surface area (Å²) >= 11 is 0. The molecule has 1 nitrogen and oxygen atoms in total. The van der Waals surface area contributed by atoms with Crippen molar-refractivity contribution < 1.29 is 0 Å². The molecular formula is C18H23N. The van der Waals surface area contributed by atoms with Gasteiger partial charge >= 0.3 is 0 Å². The van der Waals surface area contributed by atoms with Crippen molar-refractivity contribution in [1.29, 1.82) is 0 Å². The average Bonchev–Trinajstić information content (AvgIpc) is 2.47. The fourth-order valence-electron chi connectivity index (χ4n) is 2.33. The number of benzene rings is 2. The van der Waals surface area contributed by atoms with Gasteiger partial charge in [0, 0.05) is 0 Å². The Morgan fingerprint density at radius 3 is 2.16 bits per heavy atom. The second-order valence-corrected chi connectivity index (χ2v) is 5.18. The van der Waals surface area contributed by atoms with Crippen LogP contribution in [0.3, 0.4) is 0 Å². The van der Waals surface area contributed by atoms with E-state index >= 15 is 0 Å². The molecule has 0 radical (unpaired) electrons. The molecule has 19 heavy (non-hydrogen) atoms. The van der Waals surface area contributed by atoms with Crippen LogP contribution < -0.4 is 5.32 Å². The molecule has 1 N–H and O–H groups in total. The fourth-order valence-corrected chi connectivity index (χ4v) is 2.33. The van der Waals surface area contributed by atoms with E-state index in [2.05, 4.69) is 73.8 Å². The second kappa shape index (κ2) is 7.10. The zero-order valence-corrected chi connectivity index (χ0v) is 11.9. The minimum Gasteiger partial charge on any atom is -0.317 e. The van der Waals surface area contributed by atoms with Gasteiger partial charge in [-0.05, 0) is 42.1 Å². The highest BCUT2D eigenvalue weighted by Crippen LogP contribution is 2.20. The van der Waals surface area contributed by atoms with Crippen LogP contribution >= 0.6 is 0 Å².